The molecule has 2 atom stereocenters. The number of hydrogen-bond acceptors (Lipinski definition) is 1. The molecule has 3 aliphatic rings. The third-order valence-electron chi connectivity index (χ3n) is 5.92. The van der Waals surface area contributed by atoms with Gasteiger partial charge in [0, 0.05) is 11.8 Å². The monoisotopic (exact) mass is 280 g/mol. The van der Waals surface area contributed by atoms with Crippen LogP contribution in [0, 0.1) is 17.3 Å². The van der Waals surface area contributed by atoms with Crippen molar-refractivity contribution in [3.05, 3.63) is 46.5 Å². The fourth-order valence-corrected chi connectivity index (χ4v) is 4.91. The van der Waals surface area contributed by atoms with Gasteiger partial charge < -0.3 is 0 Å². The third-order valence-corrected chi connectivity index (χ3v) is 5.92. The van der Waals surface area contributed by atoms with Crippen molar-refractivity contribution >= 4 is 5.78 Å². The summed E-state index contributed by atoms with van der Waals surface area (Å²) in [6.45, 7) is 4.57. The first kappa shape index (κ1) is 13.3. The number of carbonyl (C=O) groups excluding carboxylic acids is 1. The van der Waals surface area contributed by atoms with Crippen molar-refractivity contribution in [3.63, 3.8) is 0 Å². The molecule has 0 radical (unpaired) electrons. The van der Waals surface area contributed by atoms with Crippen LogP contribution in [0.4, 0.5) is 0 Å². The summed E-state index contributed by atoms with van der Waals surface area (Å²) in [7, 11) is 0. The Balaban J connectivity index is 1.76. The molecule has 0 N–H and O–H groups in total. The second-order valence-corrected chi connectivity index (χ2v) is 7.76. The predicted molar refractivity (Wildman–Crippen MR) is 85.3 cm³/mol. The number of carbonyl (C=O) groups is 1. The van der Waals surface area contributed by atoms with Crippen molar-refractivity contribution in [2.24, 2.45) is 17.3 Å². The van der Waals surface area contributed by atoms with Crippen LogP contribution in [-0.2, 0) is 24.1 Å². The highest BCUT2D eigenvalue weighted by molar-refractivity contribution is 5.91. The van der Waals surface area contributed by atoms with Crippen LogP contribution >= 0.6 is 0 Å². The van der Waals surface area contributed by atoms with Crippen molar-refractivity contribution in [2.45, 2.75) is 52.4 Å². The average Bonchev–Trinajstić information content (AvgIpc) is 3.02. The first-order chi connectivity index (χ1) is 10.1. The lowest BCUT2D eigenvalue weighted by atomic mass is 9.62. The van der Waals surface area contributed by atoms with Crippen LogP contribution in [0.25, 0.3) is 0 Å². The average molecular weight is 280 g/mol. The number of rotatable bonds is 2. The van der Waals surface area contributed by atoms with Crippen LogP contribution < -0.4 is 0 Å². The molecule has 110 valence electrons. The topological polar surface area (TPSA) is 17.1 Å². The van der Waals surface area contributed by atoms with E-state index >= 15 is 0 Å². The van der Waals surface area contributed by atoms with Crippen LogP contribution in [0.1, 0.15) is 49.8 Å². The highest BCUT2D eigenvalue weighted by atomic mass is 16.1. The quantitative estimate of drug-likeness (QED) is 0.739. The van der Waals surface area contributed by atoms with Gasteiger partial charge in [-0.25, -0.2) is 0 Å². The lowest BCUT2D eigenvalue weighted by Gasteiger charge is -2.39. The van der Waals surface area contributed by atoms with Crippen molar-refractivity contribution in [3.8, 4) is 0 Å². The fourth-order valence-electron chi connectivity index (χ4n) is 4.91. The third kappa shape index (κ3) is 1.93. The molecule has 0 aromatic heterocycles. The van der Waals surface area contributed by atoms with Gasteiger partial charge in [0.15, 0.2) is 0 Å². The van der Waals surface area contributed by atoms with Gasteiger partial charge in [-0.2, -0.15) is 0 Å². The summed E-state index contributed by atoms with van der Waals surface area (Å²) in [5, 5.41) is 0. The van der Waals surface area contributed by atoms with Gasteiger partial charge in [-0.05, 0) is 60.6 Å². The summed E-state index contributed by atoms with van der Waals surface area (Å²) in [6.07, 6.45) is 8.58. The second kappa shape index (κ2) is 4.56. The van der Waals surface area contributed by atoms with E-state index < -0.39 is 0 Å². The number of Topliss-reactive ketones (excluding diaryl/α,β-unsaturated/α-hetero) is 1. The van der Waals surface area contributed by atoms with Gasteiger partial charge in [0.25, 0.3) is 0 Å². The maximum absolute atomic E-state index is 12.9. The Morgan fingerprint density at radius 2 is 2.14 bits per heavy atom. The molecule has 1 spiro atoms. The number of fused-ring (bicyclic) bond motifs is 4. The molecule has 21 heavy (non-hydrogen) atoms. The number of allylic oxidation sites excluding steroid dienone is 2. The van der Waals surface area contributed by atoms with E-state index in [4.69, 9.17) is 0 Å². The first-order valence-electron chi connectivity index (χ1n) is 8.39. The lowest BCUT2D eigenvalue weighted by Crippen LogP contribution is -2.42. The number of benzene rings is 1. The van der Waals surface area contributed by atoms with Crippen molar-refractivity contribution < 1.29 is 4.79 Å². The van der Waals surface area contributed by atoms with E-state index in [-0.39, 0.29) is 5.41 Å². The SMILES string of the molecule is CC(C)Cc1cccc2c1CC1(CC3=CCC1C3)C(=O)C2. The van der Waals surface area contributed by atoms with Gasteiger partial charge in [0.05, 0.1) is 0 Å². The summed E-state index contributed by atoms with van der Waals surface area (Å²) in [4.78, 5) is 12.9. The summed E-state index contributed by atoms with van der Waals surface area (Å²) in [6, 6.07) is 6.61. The van der Waals surface area contributed by atoms with Gasteiger partial charge in [0.1, 0.15) is 5.78 Å². The van der Waals surface area contributed by atoms with E-state index in [1.54, 1.807) is 5.57 Å². The summed E-state index contributed by atoms with van der Waals surface area (Å²) in [5.41, 5.74) is 5.83. The second-order valence-electron chi connectivity index (χ2n) is 7.76. The molecule has 1 nitrogen and oxygen atoms in total. The van der Waals surface area contributed by atoms with Gasteiger partial charge in [-0.3, -0.25) is 4.79 Å². The highest BCUT2D eigenvalue weighted by Crippen LogP contribution is 2.57. The molecule has 0 aliphatic heterocycles. The molecule has 0 heterocycles. The normalized spacial score (nSPS) is 30.1. The zero-order chi connectivity index (χ0) is 14.6. The molecular weight excluding hydrogens is 256 g/mol. The molecular formula is C20H24O. The predicted octanol–water partition coefficient (Wildman–Crippen LogP) is 4.28. The Morgan fingerprint density at radius 3 is 2.81 bits per heavy atom. The Labute approximate surface area is 127 Å². The molecule has 4 rings (SSSR count). The fraction of sp³-hybridized carbons (Fsp3) is 0.550. The van der Waals surface area contributed by atoms with Crippen LogP contribution in [-0.4, -0.2) is 5.78 Å². The molecule has 1 heteroatoms. The maximum Gasteiger partial charge on any atom is 0.144 e. The van der Waals surface area contributed by atoms with Crippen LogP contribution in [0.15, 0.2) is 29.8 Å². The Bertz CT molecular complexity index is 637. The van der Waals surface area contributed by atoms with E-state index in [9.17, 15) is 4.79 Å². The van der Waals surface area contributed by atoms with Gasteiger partial charge in [0.2, 0.25) is 0 Å². The maximum atomic E-state index is 12.9. The van der Waals surface area contributed by atoms with Crippen molar-refractivity contribution in [2.75, 3.05) is 0 Å². The molecule has 2 unspecified atom stereocenters. The largest absolute Gasteiger partial charge is 0.299 e. The molecule has 1 aromatic carbocycles. The van der Waals surface area contributed by atoms with Crippen LogP contribution in [0.5, 0.6) is 0 Å². The minimum absolute atomic E-state index is 0.0375. The molecule has 0 saturated heterocycles. The van der Waals surface area contributed by atoms with Crippen molar-refractivity contribution in [1.82, 2.24) is 0 Å². The Hall–Kier alpha value is -1.37. The molecule has 1 saturated carbocycles. The Kier molecular flexibility index (Phi) is 2.89. The minimum Gasteiger partial charge on any atom is -0.299 e. The van der Waals surface area contributed by atoms with E-state index in [0.29, 0.717) is 24.0 Å². The zero-order valence-electron chi connectivity index (χ0n) is 13.1. The summed E-state index contributed by atoms with van der Waals surface area (Å²) >= 11 is 0. The molecule has 1 aromatic rings. The summed E-state index contributed by atoms with van der Waals surface area (Å²) < 4.78 is 0. The van der Waals surface area contributed by atoms with E-state index in [0.717, 1.165) is 25.7 Å². The zero-order valence-corrected chi connectivity index (χ0v) is 13.1. The molecule has 2 bridgehead atoms. The number of hydrogen-bond donors (Lipinski definition) is 0. The molecule has 3 aliphatic carbocycles. The van der Waals surface area contributed by atoms with Crippen molar-refractivity contribution in [1.29, 1.82) is 0 Å². The van der Waals surface area contributed by atoms with Gasteiger partial charge in [-0.1, -0.05) is 43.7 Å². The number of ketones is 1. The van der Waals surface area contributed by atoms with E-state index in [1.807, 2.05) is 0 Å². The van der Waals surface area contributed by atoms with E-state index in [2.05, 4.69) is 38.1 Å². The highest BCUT2D eigenvalue weighted by Gasteiger charge is 2.53. The lowest BCUT2D eigenvalue weighted by molar-refractivity contribution is -0.131. The van der Waals surface area contributed by atoms with Gasteiger partial charge in [-0.15, -0.1) is 0 Å². The van der Waals surface area contributed by atoms with E-state index in [1.165, 1.54) is 23.1 Å². The summed E-state index contributed by atoms with van der Waals surface area (Å²) in [5.74, 6) is 1.79. The van der Waals surface area contributed by atoms with Crippen LogP contribution in [0.3, 0.4) is 0 Å². The van der Waals surface area contributed by atoms with Gasteiger partial charge >= 0.3 is 0 Å². The smallest absolute Gasteiger partial charge is 0.144 e. The minimum atomic E-state index is -0.0375. The molecule has 1 fully saturated rings. The Morgan fingerprint density at radius 1 is 1.29 bits per heavy atom. The standard InChI is InChI=1S/C20H24O/c1-13(2)8-15-4-3-5-16-10-19(21)20(12-18(15)16)11-14-6-7-17(20)9-14/h3-6,13,17H,7-12H2,1-2H3. The first-order valence-corrected chi connectivity index (χ1v) is 8.39. The molecule has 0 amide bonds. The van der Waals surface area contributed by atoms with Crippen LogP contribution in [0.2, 0.25) is 0 Å².